The zero-order valence-corrected chi connectivity index (χ0v) is 13.4. The van der Waals surface area contributed by atoms with Crippen molar-refractivity contribution < 1.29 is 14.3 Å². The first kappa shape index (κ1) is 14.8. The van der Waals surface area contributed by atoms with Gasteiger partial charge < -0.3 is 15.0 Å². The van der Waals surface area contributed by atoms with E-state index in [0.29, 0.717) is 29.3 Å². The topological polar surface area (TPSA) is 58.6 Å². The van der Waals surface area contributed by atoms with Gasteiger partial charge in [-0.25, -0.2) is 0 Å². The molecule has 1 aliphatic heterocycles. The van der Waals surface area contributed by atoms with Crippen molar-refractivity contribution in [2.75, 3.05) is 16.8 Å². The highest BCUT2D eigenvalue weighted by atomic mass is 16.5. The minimum Gasteiger partial charge on any atom is -0.454 e. The first-order valence-electron chi connectivity index (χ1n) is 8.21. The number of carbonyl (C=O) groups is 2. The van der Waals surface area contributed by atoms with E-state index in [9.17, 15) is 9.59 Å². The van der Waals surface area contributed by atoms with Crippen LogP contribution in [0.2, 0.25) is 0 Å². The summed E-state index contributed by atoms with van der Waals surface area (Å²) in [5.74, 6) is 1.17. The Labute approximate surface area is 140 Å². The van der Waals surface area contributed by atoms with Gasteiger partial charge in [0.2, 0.25) is 5.91 Å². The van der Waals surface area contributed by atoms with E-state index in [4.69, 9.17) is 4.74 Å². The number of benzene rings is 2. The zero-order chi connectivity index (χ0) is 16.7. The molecule has 1 aliphatic carbocycles. The highest BCUT2D eigenvalue weighted by Gasteiger charge is 2.31. The number of amides is 2. The number of hydrogen-bond donors (Lipinski definition) is 1. The van der Waals surface area contributed by atoms with E-state index in [1.54, 1.807) is 23.1 Å². The monoisotopic (exact) mass is 322 g/mol. The number of fused-ring (bicyclic) bond motifs is 2. The van der Waals surface area contributed by atoms with Crippen LogP contribution in [-0.2, 0) is 4.79 Å². The largest absolute Gasteiger partial charge is 0.454 e. The van der Waals surface area contributed by atoms with Crippen molar-refractivity contribution in [3.05, 3.63) is 48.0 Å². The molecule has 0 unspecified atom stereocenters. The smallest absolute Gasteiger partial charge is 0.262 e. The van der Waals surface area contributed by atoms with Gasteiger partial charge in [-0.2, -0.15) is 0 Å². The minimum absolute atomic E-state index is 0.0209. The number of nitrogens with zero attached hydrogens (tertiary/aromatic N) is 1. The van der Waals surface area contributed by atoms with Gasteiger partial charge in [-0.15, -0.1) is 0 Å². The summed E-state index contributed by atoms with van der Waals surface area (Å²) < 4.78 is 5.95. The first-order chi connectivity index (χ1) is 11.7. The fourth-order valence-electron chi connectivity index (χ4n) is 2.91. The van der Waals surface area contributed by atoms with E-state index >= 15 is 0 Å². The van der Waals surface area contributed by atoms with Crippen LogP contribution in [0.5, 0.6) is 11.5 Å². The van der Waals surface area contributed by atoms with Gasteiger partial charge in [0.15, 0.2) is 5.75 Å². The van der Waals surface area contributed by atoms with E-state index in [1.807, 2.05) is 31.2 Å². The third-order valence-electron chi connectivity index (χ3n) is 4.36. The van der Waals surface area contributed by atoms with Crippen LogP contribution in [0.25, 0.3) is 0 Å². The molecule has 0 radical (unpaired) electrons. The molecule has 0 spiro atoms. The predicted octanol–water partition coefficient (Wildman–Crippen LogP) is 3.81. The van der Waals surface area contributed by atoms with Crippen molar-refractivity contribution in [2.24, 2.45) is 5.92 Å². The molecule has 0 bridgehead atoms. The van der Waals surface area contributed by atoms with E-state index < -0.39 is 0 Å². The zero-order valence-electron chi connectivity index (χ0n) is 13.4. The number of rotatable bonds is 3. The Morgan fingerprint density at radius 2 is 2.00 bits per heavy atom. The second kappa shape index (κ2) is 5.67. The van der Waals surface area contributed by atoms with Gasteiger partial charge in [-0.05, 0) is 50.1 Å². The van der Waals surface area contributed by atoms with Crippen LogP contribution in [0.4, 0.5) is 11.4 Å². The van der Waals surface area contributed by atoms with Gasteiger partial charge in [0.1, 0.15) is 5.75 Å². The lowest BCUT2D eigenvalue weighted by molar-refractivity contribution is -0.117. The summed E-state index contributed by atoms with van der Waals surface area (Å²) in [7, 11) is 0. The van der Waals surface area contributed by atoms with Gasteiger partial charge in [0.05, 0.1) is 11.3 Å². The van der Waals surface area contributed by atoms with Gasteiger partial charge in [-0.3, -0.25) is 9.59 Å². The van der Waals surface area contributed by atoms with Crippen LogP contribution in [-0.4, -0.2) is 18.4 Å². The normalized spacial score (nSPS) is 15.9. The maximum atomic E-state index is 12.9. The molecule has 0 aromatic heterocycles. The molecule has 4 rings (SSSR count). The highest BCUT2D eigenvalue weighted by molar-refractivity contribution is 6.10. The average molecular weight is 322 g/mol. The molecule has 122 valence electrons. The summed E-state index contributed by atoms with van der Waals surface area (Å²) in [5.41, 5.74) is 1.84. The predicted molar refractivity (Wildman–Crippen MR) is 91.7 cm³/mol. The third kappa shape index (κ3) is 2.52. The Hall–Kier alpha value is -2.82. The molecule has 24 heavy (non-hydrogen) atoms. The van der Waals surface area contributed by atoms with E-state index in [0.717, 1.165) is 18.5 Å². The summed E-state index contributed by atoms with van der Waals surface area (Å²) >= 11 is 0. The Kier molecular flexibility index (Phi) is 3.49. The Morgan fingerprint density at radius 3 is 2.75 bits per heavy atom. The minimum atomic E-state index is -0.125. The van der Waals surface area contributed by atoms with Crippen LogP contribution in [0.1, 0.15) is 30.1 Å². The fraction of sp³-hybridized carbons (Fsp3) is 0.263. The fourth-order valence-corrected chi connectivity index (χ4v) is 2.91. The molecule has 2 aromatic rings. The van der Waals surface area contributed by atoms with E-state index in [2.05, 4.69) is 5.32 Å². The molecule has 2 aliphatic rings. The molecule has 5 nitrogen and oxygen atoms in total. The quantitative estimate of drug-likeness (QED) is 0.935. The Bertz CT molecular complexity index is 827. The number of para-hydroxylation sites is 2. The lowest BCUT2D eigenvalue weighted by Crippen LogP contribution is -2.29. The summed E-state index contributed by atoms with van der Waals surface area (Å²) in [6, 6.07) is 12.7. The van der Waals surface area contributed by atoms with Gasteiger partial charge in [0, 0.05) is 18.2 Å². The van der Waals surface area contributed by atoms with Gasteiger partial charge in [-0.1, -0.05) is 12.1 Å². The lowest BCUT2D eigenvalue weighted by atomic mass is 10.1. The van der Waals surface area contributed by atoms with Crippen molar-refractivity contribution in [1.29, 1.82) is 0 Å². The number of hydrogen-bond acceptors (Lipinski definition) is 3. The summed E-state index contributed by atoms with van der Waals surface area (Å²) in [4.78, 5) is 26.6. The van der Waals surface area contributed by atoms with Crippen LogP contribution >= 0.6 is 0 Å². The van der Waals surface area contributed by atoms with E-state index in [1.165, 1.54) is 0 Å². The maximum Gasteiger partial charge on any atom is 0.262 e. The Balaban J connectivity index is 1.73. The number of carbonyl (C=O) groups excluding carboxylic acids is 2. The lowest BCUT2D eigenvalue weighted by Gasteiger charge is -2.19. The molecule has 5 heteroatoms. The molecular formula is C19H18N2O3. The number of nitrogens with one attached hydrogen (secondary N) is 1. The van der Waals surface area contributed by atoms with E-state index in [-0.39, 0.29) is 17.7 Å². The SMILES string of the molecule is CCN1C(=O)c2cc(NC(=O)C3CC3)ccc2Oc2ccccc21. The number of anilines is 2. The molecule has 0 atom stereocenters. The average Bonchev–Trinajstić information content (AvgIpc) is 3.43. The third-order valence-corrected chi connectivity index (χ3v) is 4.36. The van der Waals surface area contributed by atoms with Crippen molar-refractivity contribution in [3.8, 4) is 11.5 Å². The van der Waals surface area contributed by atoms with Crippen molar-refractivity contribution >= 4 is 23.2 Å². The van der Waals surface area contributed by atoms with Crippen LogP contribution in [0.3, 0.4) is 0 Å². The second-order valence-corrected chi connectivity index (χ2v) is 6.09. The summed E-state index contributed by atoms with van der Waals surface area (Å²) in [5, 5.41) is 2.88. The summed E-state index contributed by atoms with van der Waals surface area (Å²) in [6.45, 7) is 2.47. The van der Waals surface area contributed by atoms with Crippen LogP contribution in [0.15, 0.2) is 42.5 Å². The van der Waals surface area contributed by atoms with Crippen LogP contribution in [0, 0.1) is 5.92 Å². The molecule has 1 saturated carbocycles. The van der Waals surface area contributed by atoms with Gasteiger partial charge >= 0.3 is 0 Å². The molecule has 1 fully saturated rings. The molecule has 2 amide bonds. The Morgan fingerprint density at radius 1 is 1.21 bits per heavy atom. The maximum absolute atomic E-state index is 12.9. The van der Waals surface area contributed by atoms with Crippen LogP contribution < -0.4 is 15.0 Å². The molecule has 1 heterocycles. The molecule has 1 N–H and O–H groups in total. The molecular weight excluding hydrogens is 304 g/mol. The van der Waals surface area contributed by atoms with Crippen molar-refractivity contribution in [1.82, 2.24) is 0 Å². The first-order valence-corrected chi connectivity index (χ1v) is 8.21. The molecule has 2 aromatic carbocycles. The summed E-state index contributed by atoms with van der Waals surface area (Å²) in [6.07, 6.45) is 1.88. The standard InChI is InChI=1S/C19H18N2O3/c1-2-21-15-5-3-4-6-17(15)24-16-10-9-13(11-14(16)19(21)23)20-18(22)12-7-8-12/h3-6,9-12H,2,7-8H2,1H3,(H,20,22). The van der Waals surface area contributed by atoms with Crippen molar-refractivity contribution in [3.63, 3.8) is 0 Å². The number of ether oxygens (including phenoxy) is 1. The highest BCUT2D eigenvalue weighted by Crippen LogP contribution is 2.39. The molecule has 0 saturated heterocycles. The van der Waals surface area contributed by atoms with Gasteiger partial charge in [0.25, 0.3) is 5.91 Å². The second-order valence-electron chi connectivity index (χ2n) is 6.09. The van der Waals surface area contributed by atoms with Crippen molar-refractivity contribution in [2.45, 2.75) is 19.8 Å².